The third-order valence-electron chi connectivity index (χ3n) is 7.92. The van der Waals surface area contributed by atoms with Gasteiger partial charge < -0.3 is 8.83 Å². The van der Waals surface area contributed by atoms with Crippen molar-refractivity contribution in [2.24, 2.45) is 0 Å². The second kappa shape index (κ2) is 8.95. The molecule has 0 amide bonds. The van der Waals surface area contributed by atoms with E-state index >= 15 is 0 Å². The fraction of sp³-hybridized carbons (Fsp3) is 0. The van der Waals surface area contributed by atoms with Crippen molar-refractivity contribution in [1.29, 1.82) is 0 Å². The summed E-state index contributed by atoms with van der Waals surface area (Å²) in [7, 11) is 0. The Labute approximate surface area is 253 Å². The van der Waals surface area contributed by atoms with Crippen molar-refractivity contribution < 1.29 is 19.8 Å². The normalized spacial score (nSPS) is 14.5. The lowest BCUT2D eigenvalue weighted by molar-refractivity contribution is 0.611. The standard InChI is InChI=1S/C40H24O2/c1-3-13-25(14-4-1)36-24-34-32(23-33-27-17-11-12-22-35(27)41-39(33)40(34)42-36)38-30-20-9-7-18-28(30)37(26-15-5-2-6-16-26)29-19-8-10-21-31(29)38/h1-24H/i7D,8D,9D,10D,18D,19D,20D,21D. The Hall–Kier alpha value is -5.60. The molecule has 0 fully saturated rings. The van der Waals surface area contributed by atoms with E-state index in [1.807, 2.05) is 72.8 Å². The molecule has 2 heterocycles. The van der Waals surface area contributed by atoms with E-state index in [4.69, 9.17) is 14.3 Å². The smallest absolute Gasteiger partial charge is 0.178 e. The van der Waals surface area contributed by atoms with Crippen LogP contribution in [0, 0.1) is 0 Å². The monoisotopic (exact) mass is 544 g/mol. The van der Waals surface area contributed by atoms with Gasteiger partial charge in [-0.2, -0.15) is 0 Å². The third-order valence-corrected chi connectivity index (χ3v) is 7.92. The number of para-hydroxylation sites is 1. The van der Waals surface area contributed by atoms with Crippen LogP contribution in [0.5, 0.6) is 0 Å². The maximum atomic E-state index is 9.36. The average Bonchev–Trinajstić information content (AvgIpc) is 3.76. The van der Waals surface area contributed by atoms with Crippen LogP contribution >= 0.6 is 0 Å². The van der Waals surface area contributed by atoms with E-state index in [-0.39, 0.29) is 51.3 Å². The van der Waals surface area contributed by atoms with Crippen LogP contribution < -0.4 is 0 Å². The Morgan fingerprint density at radius 1 is 0.429 bits per heavy atom. The predicted octanol–water partition coefficient (Wildman–Crippen LogP) is 11.6. The molecule has 0 saturated heterocycles. The summed E-state index contributed by atoms with van der Waals surface area (Å²) in [4.78, 5) is 0. The quantitative estimate of drug-likeness (QED) is 0.207. The molecule has 42 heavy (non-hydrogen) atoms. The SMILES string of the molecule is [2H]c1c([2H])c([2H])c2c(-c3cc4c5ccccc5oc4c4oc(-c5ccccc5)cc34)c3c([2H])c([2H])c([2H])c([2H])c3c(-c3ccccc3)c2c1[2H]. The summed E-state index contributed by atoms with van der Waals surface area (Å²) in [5.41, 5.74) is 3.92. The molecule has 0 aliphatic heterocycles. The molecule has 9 aromatic rings. The lowest BCUT2D eigenvalue weighted by atomic mass is 9.85. The molecular weight excluding hydrogens is 512 g/mol. The molecule has 2 nitrogen and oxygen atoms in total. The van der Waals surface area contributed by atoms with Crippen molar-refractivity contribution in [2.45, 2.75) is 0 Å². The second-order valence-electron chi connectivity index (χ2n) is 10.2. The molecular formula is C40H24O2. The van der Waals surface area contributed by atoms with Gasteiger partial charge in [0.05, 0.1) is 11.0 Å². The lowest BCUT2D eigenvalue weighted by Gasteiger charge is -2.18. The van der Waals surface area contributed by atoms with Crippen molar-refractivity contribution in [2.75, 3.05) is 0 Å². The highest BCUT2D eigenvalue weighted by Crippen LogP contribution is 2.48. The molecule has 7 aromatic carbocycles. The summed E-state index contributed by atoms with van der Waals surface area (Å²) in [6.07, 6.45) is 0. The molecule has 9 rings (SSSR count). The maximum Gasteiger partial charge on any atom is 0.178 e. The van der Waals surface area contributed by atoms with Gasteiger partial charge in [-0.15, -0.1) is 0 Å². The minimum absolute atomic E-state index is 0.142. The zero-order valence-electron chi connectivity index (χ0n) is 30.1. The van der Waals surface area contributed by atoms with E-state index in [2.05, 4.69) is 0 Å². The van der Waals surface area contributed by atoms with Crippen LogP contribution in [-0.4, -0.2) is 0 Å². The van der Waals surface area contributed by atoms with Crippen molar-refractivity contribution in [3.8, 4) is 33.6 Å². The summed E-state index contributed by atoms with van der Waals surface area (Å²) in [6.45, 7) is 0. The fourth-order valence-electron chi connectivity index (χ4n) is 6.10. The molecule has 0 aliphatic carbocycles. The lowest BCUT2D eigenvalue weighted by Crippen LogP contribution is -1.91. The largest absolute Gasteiger partial charge is 0.452 e. The van der Waals surface area contributed by atoms with Crippen molar-refractivity contribution >= 4 is 54.5 Å². The number of hydrogen-bond acceptors (Lipinski definition) is 2. The number of furan rings is 2. The molecule has 0 spiro atoms. The van der Waals surface area contributed by atoms with E-state index in [1.165, 1.54) is 0 Å². The average molecular weight is 545 g/mol. The van der Waals surface area contributed by atoms with Crippen LogP contribution in [0.1, 0.15) is 11.0 Å². The van der Waals surface area contributed by atoms with Crippen LogP contribution in [0.4, 0.5) is 0 Å². The highest BCUT2D eigenvalue weighted by molar-refractivity contribution is 6.26. The van der Waals surface area contributed by atoms with Gasteiger partial charge in [0.2, 0.25) is 0 Å². The Balaban J connectivity index is 1.61. The van der Waals surface area contributed by atoms with Crippen LogP contribution in [0.15, 0.2) is 154 Å². The molecule has 2 aromatic heterocycles. The maximum absolute atomic E-state index is 9.36. The zero-order chi connectivity index (χ0) is 34.6. The highest BCUT2D eigenvalue weighted by Gasteiger charge is 2.23. The molecule has 0 atom stereocenters. The first-order valence-electron chi connectivity index (χ1n) is 17.6. The summed E-state index contributed by atoms with van der Waals surface area (Å²) in [5, 5.41) is 2.64. The van der Waals surface area contributed by atoms with E-state index in [1.54, 1.807) is 24.3 Å². The first kappa shape index (κ1) is 16.6. The van der Waals surface area contributed by atoms with Crippen molar-refractivity contribution in [3.63, 3.8) is 0 Å². The Bertz CT molecular complexity index is 2810. The van der Waals surface area contributed by atoms with E-state index in [0.717, 1.165) is 10.9 Å². The van der Waals surface area contributed by atoms with Crippen LogP contribution in [0.25, 0.3) is 88.0 Å². The van der Waals surface area contributed by atoms with Gasteiger partial charge in [-0.1, -0.05) is 127 Å². The van der Waals surface area contributed by atoms with Gasteiger partial charge >= 0.3 is 0 Å². The first-order chi connectivity index (χ1) is 24.2. The van der Waals surface area contributed by atoms with Crippen LogP contribution in [0.3, 0.4) is 0 Å². The van der Waals surface area contributed by atoms with Gasteiger partial charge in [0.25, 0.3) is 0 Å². The van der Waals surface area contributed by atoms with Gasteiger partial charge in [0, 0.05) is 21.7 Å². The van der Waals surface area contributed by atoms with Crippen molar-refractivity contribution in [3.05, 3.63) is 145 Å². The molecule has 0 aliphatic rings. The number of hydrogen-bond donors (Lipinski definition) is 0. The number of rotatable bonds is 3. The van der Waals surface area contributed by atoms with E-state index in [9.17, 15) is 5.48 Å². The molecule has 0 saturated carbocycles. The molecule has 0 radical (unpaired) electrons. The van der Waals surface area contributed by atoms with Gasteiger partial charge in [0.1, 0.15) is 11.3 Å². The Morgan fingerprint density at radius 2 is 0.976 bits per heavy atom. The molecule has 196 valence electrons. The van der Waals surface area contributed by atoms with Gasteiger partial charge in [-0.25, -0.2) is 0 Å². The van der Waals surface area contributed by atoms with Gasteiger partial charge in [-0.05, 0) is 62.0 Å². The topological polar surface area (TPSA) is 26.3 Å². The minimum Gasteiger partial charge on any atom is -0.452 e. The first-order valence-corrected chi connectivity index (χ1v) is 13.6. The van der Waals surface area contributed by atoms with Crippen LogP contribution in [-0.2, 0) is 0 Å². The van der Waals surface area contributed by atoms with Crippen LogP contribution in [0.2, 0.25) is 0 Å². The number of fused-ring (bicyclic) bond motifs is 7. The minimum atomic E-state index is -0.453. The van der Waals surface area contributed by atoms with Crippen molar-refractivity contribution in [1.82, 2.24) is 0 Å². The summed E-state index contributed by atoms with van der Waals surface area (Å²) >= 11 is 0. The molecule has 2 heteroatoms. The second-order valence-corrected chi connectivity index (χ2v) is 10.2. The Kier molecular flexibility index (Phi) is 3.54. The summed E-state index contributed by atoms with van der Waals surface area (Å²) in [6, 6.07) is 26.7. The zero-order valence-corrected chi connectivity index (χ0v) is 22.1. The van der Waals surface area contributed by atoms with Gasteiger partial charge in [0.15, 0.2) is 11.2 Å². The summed E-state index contributed by atoms with van der Waals surface area (Å²) < 4.78 is 85.2. The summed E-state index contributed by atoms with van der Waals surface area (Å²) in [5.74, 6) is 0.535. The molecule has 0 bridgehead atoms. The fourth-order valence-corrected chi connectivity index (χ4v) is 6.10. The Morgan fingerprint density at radius 3 is 1.64 bits per heavy atom. The predicted molar refractivity (Wildman–Crippen MR) is 175 cm³/mol. The van der Waals surface area contributed by atoms with E-state index < -0.39 is 24.2 Å². The molecule has 0 unspecified atom stereocenters. The van der Waals surface area contributed by atoms with Gasteiger partial charge in [-0.3, -0.25) is 0 Å². The number of benzene rings is 7. The molecule has 0 N–H and O–H groups in total. The highest BCUT2D eigenvalue weighted by atomic mass is 16.4. The third kappa shape index (κ3) is 3.33. The van der Waals surface area contributed by atoms with E-state index in [0.29, 0.717) is 50.0 Å².